The molecule has 1 aromatic carbocycles. The number of methoxy groups -OCH3 is 1. The van der Waals surface area contributed by atoms with E-state index in [2.05, 4.69) is 10.3 Å². The van der Waals surface area contributed by atoms with Gasteiger partial charge in [0.1, 0.15) is 12.3 Å². The third-order valence-corrected chi connectivity index (χ3v) is 2.56. The van der Waals surface area contributed by atoms with E-state index < -0.39 is 0 Å². The summed E-state index contributed by atoms with van der Waals surface area (Å²) in [6, 6.07) is 5.05. The van der Waals surface area contributed by atoms with Gasteiger partial charge in [0.15, 0.2) is 0 Å². The SMILES string of the molecule is COc1ccc(Cl)cc1NC(=O)Cn1ccnc1. The molecule has 0 radical (unpaired) electrons. The number of amides is 1. The van der Waals surface area contributed by atoms with Gasteiger partial charge in [0.05, 0.1) is 19.1 Å². The van der Waals surface area contributed by atoms with Gasteiger partial charge >= 0.3 is 0 Å². The van der Waals surface area contributed by atoms with Gasteiger partial charge in [-0.25, -0.2) is 4.98 Å². The first-order valence-corrected chi connectivity index (χ1v) is 5.66. The second-order valence-electron chi connectivity index (χ2n) is 3.63. The Hall–Kier alpha value is -2.01. The van der Waals surface area contributed by atoms with E-state index in [1.165, 1.54) is 7.11 Å². The van der Waals surface area contributed by atoms with Crippen LogP contribution in [0, 0.1) is 0 Å². The zero-order valence-electron chi connectivity index (χ0n) is 9.76. The van der Waals surface area contributed by atoms with Crippen LogP contribution in [-0.2, 0) is 11.3 Å². The van der Waals surface area contributed by atoms with Crippen molar-refractivity contribution in [2.75, 3.05) is 12.4 Å². The van der Waals surface area contributed by atoms with Gasteiger partial charge in [0.25, 0.3) is 0 Å². The van der Waals surface area contributed by atoms with Crippen LogP contribution in [0.15, 0.2) is 36.9 Å². The summed E-state index contributed by atoms with van der Waals surface area (Å²) in [7, 11) is 1.54. The number of benzene rings is 1. The third kappa shape index (κ3) is 3.01. The predicted octanol–water partition coefficient (Wildman–Crippen LogP) is 2.18. The number of anilines is 1. The molecule has 1 N–H and O–H groups in total. The van der Waals surface area contributed by atoms with Crippen molar-refractivity contribution in [1.82, 2.24) is 9.55 Å². The van der Waals surface area contributed by atoms with Gasteiger partial charge < -0.3 is 14.6 Å². The zero-order chi connectivity index (χ0) is 13.0. The molecule has 0 saturated carbocycles. The molecule has 2 rings (SSSR count). The molecule has 0 aliphatic carbocycles. The van der Waals surface area contributed by atoms with Gasteiger partial charge in [-0.15, -0.1) is 0 Å². The minimum absolute atomic E-state index is 0.173. The van der Waals surface area contributed by atoms with Crippen LogP contribution in [0.1, 0.15) is 0 Å². The summed E-state index contributed by atoms with van der Waals surface area (Å²) in [5, 5.41) is 3.28. The number of carbonyl (C=O) groups excluding carboxylic acids is 1. The lowest BCUT2D eigenvalue weighted by molar-refractivity contribution is -0.116. The molecule has 0 spiro atoms. The van der Waals surface area contributed by atoms with Crippen molar-refractivity contribution in [2.24, 2.45) is 0 Å². The van der Waals surface area contributed by atoms with E-state index >= 15 is 0 Å². The maximum absolute atomic E-state index is 11.8. The van der Waals surface area contributed by atoms with Gasteiger partial charge in [-0.2, -0.15) is 0 Å². The highest BCUT2D eigenvalue weighted by Crippen LogP contribution is 2.27. The summed E-state index contributed by atoms with van der Waals surface area (Å²) in [5.41, 5.74) is 0.551. The van der Waals surface area contributed by atoms with Crippen molar-refractivity contribution in [3.63, 3.8) is 0 Å². The van der Waals surface area contributed by atoms with Crippen LogP contribution in [0.2, 0.25) is 5.02 Å². The minimum atomic E-state index is -0.173. The Balaban J connectivity index is 2.08. The molecule has 0 aliphatic rings. The fraction of sp³-hybridized carbons (Fsp3) is 0.167. The minimum Gasteiger partial charge on any atom is -0.495 e. The summed E-state index contributed by atoms with van der Waals surface area (Å²) < 4.78 is 6.82. The number of nitrogens with zero attached hydrogens (tertiary/aromatic N) is 2. The Bertz CT molecular complexity index is 540. The Labute approximate surface area is 109 Å². The number of hydrogen-bond acceptors (Lipinski definition) is 3. The van der Waals surface area contributed by atoms with Crippen molar-refractivity contribution in [3.05, 3.63) is 41.9 Å². The quantitative estimate of drug-likeness (QED) is 0.922. The van der Waals surface area contributed by atoms with E-state index in [0.29, 0.717) is 16.5 Å². The lowest BCUT2D eigenvalue weighted by Gasteiger charge is -2.10. The van der Waals surface area contributed by atoms with Crippen LogP contribution in [-0.4, -0.2) is 22.6 Å². The van der Waals surface area contributed by atoms with E-state index in [-0.39, 0.29) is 12.5 Å². The van der Waals surface area contributed by atoms with E-state index in [1.54, 1.807) is 41.5 Å². The van der Waals surface area contributed by atoms with Gasteiger partial charge in [-0.05, 0) is 18.2 Å². The van der Waals surface area contributed by atoms with Crippen molar-refractivity contribution < 1.29 is 9.53 Å². The largest absolute Gasteiger partial charge is 0.495 e. The van der Waals surface area contributed by atoms with E-state index in [9.17, 15) is 4.79 Å². The molecule has 0 atom stereocenters. The lowest BCUT2D eigenvalue weighted by Crippen LogP contribution is -2.18. The number of hydrogen-bond donors (Lipinski definition) is 1. The van der Waals surface area contributed by atoms with Crippen molar-refractivity contribution >= 4 is 23.2 Å². The number of carbonyl (C=O) groups is 1. The molecule has 94 valence electrons. The molecule has 2 aromatic rings. The van der Waals surface area contributed by atoms with Gasteiger partial charge in [0.2, 0.25) is 5.91 Å². The zero-order valence-corrected chi connectivity index (χ0v) is 10.5. The second kappa shape index (κ2) is 5.55. The topological polar surface area (TPSA) is 56.1 Å². The van der Waals surface area contributed by atoms with Crippen LogP contribution in [0.4, 0.5) is 5.69 Å². The summed E-state index contributed by atoms with van der Waals surface area (Å²) in [6.07, 6.45) is 4.91. The first kappa shape index (κ1) is 12.4. The maximum Gasteiger partial charge on any atom is 0.244 e. The molecule has 0 aliphatic heterocycles. The number of ether oxygens (including phenoxy) is 1. The van der Waals surface area contributed by atoms with Crippen LogP contribution < -0.4 is 10.1 Å². The number of rotatable bonds is 4. The molecule has 0 bridgehead atoms. The molecular formula is C12H12ClN3O2. The van der Waals surface area contributed by atoms with Crippen LogP contribution in [0.3, 0.4) is 0 Å². The highest BCUT2D eigenvalue weighted by Gasteiger charge is 2.08. The number of imidazole rings is 1. The molecule has 1 aromatic heterocycles. The fourth-order valence-corrected chi connectivity index (χ4v) is 1.69. The highest BCUT2D eigenvalue weighted by molar-refractivity contribution is 6.31. The smallest absolute Gasteiger partial charge is 0.244 e. The Morgan fingerprint density at radius 2 is 2.39 bits per heavy atom. The summed E-state index contributed by atoms with van der Waals surface area (Å²) in [6.45, 7) is 0.190. The summed E-state index contributed by atoms with van der Waals surface area (Å²) in [5.74, 6) is 0.395. The van der Waals surface area contributed by atoms with Gasteiger partial charge in [-0.1, -0.05) is 11.6 Å². The van der Waals surface area contributed by atoms with Gasteiger partial charge in [0, 0.05) is 17.4 Å². The Morgan fingerprint density at radius 3 is 3.06 bits per heavy atom. The van der Waals surface area contributed by atoms with Crippen molar-refractivity contribution in [3.8, 4) is 5.75 Å². The summed E-state index contributed by atoms with van der Waals surface area (Å²) in [4.78, 5) is 15.7. The normalized spacial score (nSPS) is 10.1. The molecule has 0 fully saturated rings. The Kier molecular flexibility index (Phi) is 3.84. The molecule has 0 saturated heterocycles. The van der Waals surface area contributed by atoms with E-state index in [1.807, 2.05) is 0 Å². The average molecular weight is 266 g/mol. The predicted molar refractivity (Wildman–Crippen MR) is 68.9 cm³/mol. The van der Waals surface area contributed by atoms with Gasteiger partial charge in [-0.3, -0.25) is 4.79 Å². The molecule has 6 heteroatoms. The molecule has 1 amide bonds. The lowest BCUT2D eigenvalue weighted by atomic mass is 10.3. The molecule has 1 heterocycles. The fourth-order valence-electron chi connectivity index (χ4n) is 1.51. The number of aromatic nitrogens is 2. The number of halogens is 1. The van der Waals surface area contributed by atoms with E-state index in [0.717, 1.165) is 0 Å². The summed E-state index contributed by atoms with van der Waals surface area (Å²) >= 11 is 5.88. The maximum atomic E-state index is 11.8. The number of nitrogens with one attached hydrogen (secondary N) is 1. The van der Waals surface area contributed by atoms with Crippen LogP contribution in [0.25, 0.3) is 0 Å². The molecule has 0 unspecified atom stereocenters. The highest BCUT2D eigenvalue weighted by atomic mass is 35.5. The molecule has 18 heavy (non-hydrogen) atoms. The molecular weight excluding hydrogens is 254 g/mol. The first-order valence-electron chi connectivity index (χ1n) is 5.28. The van der Waals surface area contributed by atoms with Crippen molar-refractivity contribution in [2.45, 2.75) is 6.54 Å². The van der Waals surface area contributed by atoms with Crippen LogP contribution in [0.5, 0.6) is 5.75 Å². The first-order chi connectivity index (χ1) is 8.69. The molecule has 5 nitrogen and oxygen atoms in total. The Morgan fingerprint density at radius 1 is 1.56 bits per heavy atom. The average Bonchev–Trinajstić information content (AvgIpc) is 2.82. The van der Waals surface area contributed by atoms with Crippen LogP contribution >= 0.6 is 11.6 Å². The second-order valence-corrected chi connectivity index (χ2v) is 4.06. The van der Waals surface area contributed by atoms with E-state index in [4.69, 9.17) is 16.3 Å². The standard InChI is InChI=1S/C12H12ClN3O2/c1-18-11-3-2-9(13)6-10(11)15-12(17)7-16-5-4-14-8-16/h2-6,8H,7H2,1H3,(H,15,17). The van der Waals surface area contributed by atoms with Crippen molar-refractivity contribution in [1.29, 1.82) is 0 Å². The monoisotopic (exact) mass is 265 g/mol. The third-order valence-electron chi connectivity index (χ3n) is 2.32.